The van der Waals surface area contributed by atoms with E-state index in [1.54, 1.807) is 30.3 Å². The van der Waals surface area contributed by atoms with E-state index in [4.69, 9.17) is 0 Å². The normalized spacial score (nSPS) is 15.9. The van der Waals surface area contributed by atoms with Crippen molar-refractivity contribution in [1.29, 1.82) is 0 Å². The quantitative estimate of drug-likeness (QED) is 0.488. The molecule has 0 saturated carbocycles. The maximum absolute atomic E-state index is 12.8. The molecule has 164 valence electrons. The Morgan fingerprint density at radius 2 is 1.59 bits per heavy atom. The van der Waals surface area contributed by atoms with Crippen LogP contribution in [-0.4, -0.2) is 53.8 Å². The molecule has 2 aromatic carbocycles. The van der Waals surface area contributed by atoms with Gasteiger partial charge in [-0.1, -0.05) is 48.5 Å². The highest BCUT2D eigenvalue weighted by Crippen LogP contribution is 2.30. The fraction of sp³-hybridized carbons (Fsp3) is 0.217. The van der Waals surface area contributed by atoms with E-state index < -0.39 is 10.0 Å². The second-order valence-corrected chi connectivity index (χ2v) is 10.7. The third-order valence-electron chi connectivity index (χ3n) is 5.60. The number of benzene rings is 2. The number of piperazine rings is 1. The van der Waals surface area contributed by atoms with Crippen molar-refractivity contribution in [2.45, 2.75) is 11.4 Å². The van der Waals surface area contributed by atoms with Crippen LogP contribution in [0, 0.1) is 0 Å². The van der Waals surface area contributed by atoms with E-state index in [1.165, 1.54) is 15.6 Å². The molecular formula is C23H22N4O3S2. The van der Waals surface area contributed by atoms with Gasteiger partial charge in [0, 0.05) is 31.1 Å². The second kappa shape index (κ2) is 8.59. The predicted molar refractivity (Wildman–Crippen MR) is 126 cm³/mol. The van der Waals surface area contributed by atoms with Crippen LogP contribution in [0.1, 0.15) is 5.82 Å². The summed E-state index contributed by atoms with van der Waals surface area (Å²) in [6, 6.07) is 20.3. The van der Waals surface area contributed by atoms with E-state index in [1.807, 2.05) is 36.4 Å². The van der Waals surface area contributed by atoms with Gasteiger partial charge in [0.25, 0.3) is 5.56 Å². The van der Waals surface area contributed by atoms with Gasteiger partial charge in [-0.15, -0.1) is 11.3 Å². The van der Waals surface area contributed by atoms with Gasteiger partial charge in [0.2, 0.25) is 10.0 Å². The molecule has 0 unspecified atom stereocenters. The maximum atomic E-state index is 12.8. The standard InChI is InChI=1S/C23H22N4O3S2/c28-22-19-15-20(17-7-3-1-4-8-17)31-23(19)25-21(24-22)16-26-11-13-27(14-12-26)32(29,30)18-9-5-2-6-10-18/h1-10,15H,11-14,16H2,(H,24,25,28). The van der Waals surface area contributed by atoms with Crippen LogP contribution in [0.15, 0.2) is 76.4 Å². The summed E-state index contributed by atoms with van der Waals surface area (Å²) in [7, 11) is -3.48. The summed E-state index contributed by atoms with van der Waals surface area (Å²) in [5, 5.41) is 0.594. The first-order chi connectivity index (χ1) is 15.5. The maximum Gasteiger partial charge on any atom is 0.259 e. The zero-order valence-corrected chi connectivity index (χ0v) is 18.9. The minimum Gasteiger partial charge on any atom is -0.309 e. The van der Waals surface area contributed by atoms with E-state index in [9.17, 15) is 13.2 Å². The van der Waals surface area contributed by atoms with E-state index in [0.717, 1.165) is 10.4 Å². The fourth-order valence-electron chi connectivity index (χ4n) is 3.88. The van der Waals surface area contributed by atoms with Gasteiger partial charge in [0.15, 0.2) is 0 Å². The van der Waals surface area contributed by atoms with Crippen LogP contribution in [0.2, 0.25) is 0 Å². The van der Waals surface area contributed by atoms with Gasteiger partial charge in [-0.25, -0.2) is 13.4 Å². The summed E-state index contributed by atoms with van der Waals surface area (Å²) in [6.07, 6.45) is 0. The average molecular weight is 467 g/mol. The molecule has 5 rings (SSSR count). The minimum atomic E-state index is -3.48. The van der Waals surface area contributed by atoms with E-state index in [2.05, 4.69) is 14.9 Å². The van der Waals surface area contributed by atoms with Gasteiger partial charge in [0.05, 0.1) is 16.8 Å². The van der Waals surface area contributed by atoms with Crippen LogP contribution in [0.3, 0.4) is 0 Å². The average Bonchev–Trinajstić information content (AvgIpc) is 3.26. The van der Waals surface area contributed by atoms with Crippen molar-refractivity contribution in [3.63, 3.8) is 0 Å². The molecule has 0 aliphatic carbocycles. The van der Waals surface area contributed by atoms with Crippen molar-refractivity contribution in [1.82, 2.24) is 19.2 Å². The molecular weight excluding hydrogens is 444 g/mol. The van der Waals surface area contributed by atoms with Crippen molar-refractivity contribution in [2.24, 2.45) is 0 Å². The molecule has 0 bridgehead atoms. The Hall–Kier alpha value is -2.85. The van der Waals surface area contributed by atoms with Crippen molar-refractivity contribution in [3.8, 4) is 10.4 Å². The Labute approximate surface area is 190 Å². The van der Waals surface area contributed by atoms with Crippen LogP contribution in [-0.2, 0) is 16.6 Å². The Balaban J connectivity index is 1.30. The number of fused-ring (bicyclic) bond motifs is 1. The van der Waals surface area contributed by atoms with E-state index in [0.29, 0.717) is 53.7 Å². The third-order valence-corrected chi connectivity index (χ3v) is 8.59. The Morgan fingerprint density at radius 1 is 0.938 bits per heavy atom. The van der Waals surface area contributed by atoms with Gasteiger partial charge < -0.3 is 4.98 Å². The van der Waals surface area contributed by atoms with Crippen molar-refractivity contribution >= 4 is 31.6 Å². The van der Waals surface area contributed by atoms with Crippen LogP contribution < -0.4 is 5.56 Å². The Kier molecular flexibility index (Phi) is 5.64. The molecule has 1 fully saturated rings. The molecule has 2 aromatic heterocycles. The van der Waals surface area contributed by atoms with Crippen molar-refractivity contribution in [2.75, 3.05) is 26.2 Å². The molecule has 1 saturated heterocycles. The van der Waals surface area contributed by atoms with Crippen LogP contribution >= 0.6 is 11.3 Å². The van der Waals surface area contributed by atoms with Crippen LogP contribution in [0.4, 0.5) is 0 Å². The lowest BCUT2D eigenvalue weighted by molar-refractivity contribution is 0.178. The summed E-state index contributed by atoms with van der Waals surface area (Å²) in [5.74, 6) is 0.600. The number of sulfonamides is 1. The highest BCUT2D eigenvalue weighted by molar-refractivity contribution is 7.89. The first-order valence-corrected chi connectivity index (χ1v) is 12.6. The lowest BCUT2D eigenvalue weighted by atomic mass is 10.2. The molecule has 32 heavy (non-hydrogen) atoms. The molecule has 1 N–H and O–H groups in total. The van der Waals surface area contributed by atoms with Crippen LogP contribution in [0.5, 0.6) is 0 Å². The summed E-state index contributed by atoms with van der Waals surface area (Å²) < 4.78 is 27.1. The zero-order chi connectivity index (χ0) is 22.1. The fourth-order valence-corrected chi connectivity index (χ4v) is 6.38. The predicted octanol–water partition coefficient (Wildman–Crippen LogP) is 3.16. The molecule has 0 spiro atoms. The highest BCUT2D eigenvalue weighted by Gasteiger charge is 2.28. The van der Waals surface area contributed by atoms with Gasteiger partial charge in [-0.2, -0.15) is 4.31 Å². The summed E-state index contributed by atoms with van der Waals surface area (Å²) in [4.78, 5) is 24.4. The summed E-state index contributed by atoms with van der Waals surface area (Å²) in [5.41, 5.74) is 0.918. The molecule has 7 nitrogen and oxygen atoms in total. The molecule has 0 atom stereocenters. The topological polar surface area (TPSA) is 86.4 Å². The largest absolute Gasteiger partial charge is 0.309 e. The lowest BCUT2D eigenvalue weighted by Crippen LogP contribution is -2.48. The zero-order valence-electron chi connectivity index (χ0n) is 17.3. The number of hydrogen-bond donors (Lipinski definition) is 1. The number of hydrogen-bond acceptors (Lipinski definition) is 6. The third kappa shape index (κ3) is 4.12. The van der Waals surface area contributed by atoms with Crippen molar-refractivity contribution < 1.29 is 8.42 Å². The number of aromatic nitrogens is 2. The Bertz CT molecular complexity index is 1390. The van der Waals surface area contributed by atoms with Gasteiger partial charge >= 0.3 is 0 Å². The first-order valence-electron chi connectivity index (χ1n) is 10.4. The number of thiophene rings is 1. The van der Waals surface area contributed by atoms with E-state index >= 15 is 0 Å². The molecule has 3 heterocycles. The molecule has 0 radical (unpaired) electrons. The van der Waals surface area contributed by atoms with Crippen LogP contribution in [0.25, 0.3) is 20.7 Å². The second-order valence-electron chi connectivity index (χ2n) is 7.70. The number of rotatable bonds is 5. The monoisotopic (exact) mass is 466 g/mol. The van der Waals surface area contributed by atoms with Gasteiger partial charge in [-0.05, 0) is 23.8 Å². The molecule has 0 amide bonds. The SMILES string of the molecule is O=c1[nH]c(CN2CCN(S(=O)(=O)c3ccccc3)CC2)nc2sc(-c3ccccc3)cc12. The highest BCUT2D eigenvalue weighted by atomic mass is 32.2. The Morgan fingerprint density at radius 3 is 2.28 bits per heavy atom. The van der Waals surface area contributed by atoms with Gasteiger partial charge in [0.1, 0.15) is 10.7 Å². The number of nitrogens with zero attached hydrogens (tertiary/aromatic N) is 3. The molecule has 9 heteroatoms. The molecule has 1 aliphatic rings. The first kappa shape index (κ1) is 21.0. The molecule has 4 aromatic rings. The van der Waals surface area contributed by atoms with Crippen molar-refractivity contribution in [3.05, 3.63) is 82.9 Å². The van der Waals surface area contributed by atoms with Gasteiger partial charge in [-0.3, -0.25) is 9.69 Å². The van der Waals surface area contributed by atoms with E-state index in [-0.39, 0.29) is 5.56 Å². The smallest absolute Gasteiger partial charge is 0.259 e. The number of nitrogens with one attached hydrogen (secondary N) is 1. The summed E-state index contributed by atoms with van der Waals surface area (Å²) in [6.45, 7) is 2.44. The number of aromatic amines is 1. The minimum absolute atomic E-state index is 0.145. The number of H-pyrrole nitrogens is 1. The lowest BCUT2D eigenvalue weighted by Gasteiger charge is -2.33. The molecule has 1 aliphatic heterocycles. The summed E-state index contributed by atoms with van der Waals surface area (Å²) >= 11 is 1.50.